The molecular formula is C7H12N2O2. The molecule has 1 fully saturated rings. The quantitative estimate of drug-likeness (QED) is 0.448. The Morgan fingerprint density at radius 1 is 1.64 bits per heavy atom. The highest BCUT2D eigenvalue weighted by Gasteiger charge is 2.28. The second-order valence-corrected chi connectivity index (χ2v) is 2.34. The second-order valence-electron chi connectivity index (χ2n) is 2.34. The summed E-state index contributed by atoms with van der Waals surface area (Å²) in [6.45, 7) is 3.49. The van der Waals surface area contributed by atoms with Gasteiger partial charge in [0.15, 0.2) is 0 Å². The summed E-state index contributed by atoms with van der Waals surface area (Å²) in [5.74, 6) is -0.494. The zero-order valence-electron chi connectivity index (χ0n) is 6.30. The van der Waals surface area contributed by atoms with E-state index in [-0.39, 0.29) is 23.9 Å². The molecular weight excluding hydrogens is 144 g/mol. The number of imide groups is 1. The lowest BCUT2D eigenvalue weighted by Crippen LogP contribution is -2.21. The maximum absolute atomic E-state index is 10.8. The SMILES string of the molecule is C=CCC1CC(=O)NC1=O.N. The number of amides is 2. The molecule has 4 nitrogen and oxygen atoms in total. The van der Waals surface area contributed by atoms with E-state index in [9.17, 15) is 9.59 Å². The van der Waals surface area contributed by atoms with Crippen molar-refractivity contribution in [3.05, 3.63) is 12.7 Å². The summed E-state index contributed by atoms with van der Waals surface area (Å²) in [5, 5.41) is 2.23. The number of rotatable bonds is 2. The molecule has 0 saturated carbocycles. The average molecular weight is 156 g/mol. The van der Waals surface area contributed by atoms with Gasteiger partial charge in [-0.2, -0.15) is 0 Å². The number of allylic oxidation sites excluding steroid dienone is 1. The Morgan fingerprint density at radius 2 is 2.27 bits per heavy atom. The van der Waals surface area contributed by atoms with Crippen LogP contribution in [0.5, 0.6) is 0 Å². The van der Waals surface area contributed by atoms with E-state index in [1.165, 1.54) is 0 Å². The molecule has 0 radical (unpaired) electrons. The van der Waals surface area contributed by atoms with Crippen LogP contribution in [0.4, 0.5) is 0 Å². The molecule has 0 spiro atoms. The van der Waals surface area contributed by atoms with Crippen LogP contribution in [0.3, 0.4) is 0 Å². The third kappa shape index (κ3) is 2.16. The zero-order valence-corrected chi connectivity index (χ0v) is 6.30. The van der Waals surface area contributed by atoms with Gasteiger partial charge >= 0.3 is 0 Å². The van der Waals surface area contributed by atoms with Crippen molar-refractivity contribution in [1.82, 2.24) is 11.5 Å². The first kappa shape index (κ1) is 9.84. The molecule has 1 atom stereocenters. The van der Waals surface area contributed by atoms with E-state index in [0.717, 1.165) is 0 Å². The zero-order chi connectivity index (χ0) is 7.56. The summed E-state index contributed by atoms with van der Waals surface area (Å²) in [6, 6.07) is 0. The molecule has 1 aliphatic heterocycles. The van der Waals surface area contributed by atoms with Crippen LogP contribution >= 0.6 is 0 Å². The predicted molar refractivity (Wildman–Crippen MR) is 41.1 cm³/mol. The van der Waals surface area contributed by atoms with Crippen molar-refractivity contribution in [2.75, 3.05) is 0 Å². The highest BCUT2D eigenvalue weighted by atomic mass is 16.2. The third-order valence-corrected chi connectivity index (χ3v) is 1.52. The number of hydrogen-bond acceptors (Lipinski definition) is 3. The van der Waals surface area contributed by atoms with Gasteiger partial charge in [-0.05, 0) is 6.42 Å². The monoisotopic (exact) mass is 156 g/mol. The highest BCUT2D eigenvalue weighted by Crippen LogP contribution is 2.14. The number of nitrogens with one attached hydrogen (secondary N) is 1. The minimum atomic E-state index is -0.170. The molecule has 0 aliphatic carbocycles. The molecule has 1 aliphatic rings. The van der Waals surface area contributed by atoms with Crippen LogP contribution < -0.4 is 11.5 Å². The first-order chi connectivity index (χ1) is 4.74. The Bertz CT molecular complexity index is 189. The van der Waals surface area contributed by atoms with E-state index in [1.807, 2.05) is 0 Å². The molecule has 1 unspecified atom stereocenters. The lowest BCUT2D eigenvalue weighted by atomic mass is 10.0. The van der Waals surface area contributed by atoms with E-state index in [1.54, 1.807) is 6.08 Å². The molecule has 4 heteroatoms. The van der Waals surface area contributed by atoms with Crippen LogP contribution in [0.25, 0.3) is 0 Å². The second kappa shape index (κ2) is 3.88. The Morgan fingerprint density at radius 3 is 2.64 bits per heavy atom. The van der Waals surface area contributed by atoms with Gasteiger partial charge in [-0.15, -0.1) is 6.58 Å². The molecule has 2 amide bonds. The molecule has 62 valence electrons. The van der Waals surface area contributed by atoms with Crippen molar-refractivity contribution in [3.63, 3.8) is 0 Å². The van der Waals surface area contributed by atoms with Gasteiger partial charge in [0.05, 0.1) is 5.92 Å². The average Bonchev–Trinajstić information content (AvgIpc) is 2.13. The Kier molecular flexibility index (Phi) is 3.47. The van der Waals surface area contributed by atoms with Gasteiger partial charge in [0.2, 0.25) is 11.8 Å². The molecule has 1 heterocycles. The summed E-state index contributed by atoms with van der Waals surface area (Å²) in [4.78, 5) is 21.4. The highest BCUT2D eigenvalue weighted by molar-refractivity contribution is 6.03. The largest absolute Gasteiger partial charge is 0.344 e. The van der Waals surface area contributed by atoms with Crippen LogP contribution in [0, 0.1) is 5.92 Å². The Hall–Kier alpha value is -1.16. The minimum absolute atomic E-state index is 0. The van der Waals surface area contributed by atoms with E-state index >= 15 is 0 Å². The first-order valence-electron chi connectivity index (χ1n) is 3.18. The van der Waals surface area contributed by atoms with Crippen LogP contribution in [0.15, 0.2) is 12.7 Å². The standard InChI is InChI=1S/C7H9NO2.H3N/c1-2-3-5-4-6(9)8-7(5)10;/h2,5H,1,3-4H2,(H,8,9,10);1H3. The maximum atomic E-state index is 10.8. The van der Waals surface area contributed by atoms with Crippen molar-refractivity contribution in [2.45, 2.75) is 12.8 Å². The van der Waals surface area contributed by atoms with E-state index in [4.69, 9.17) is 0 Å². The fourth-order valence-electron chi connectivity index (χ4n) is 0.999. The van der Waals surface area contributed by atoms with E-state index in [0.29, 0.717) is 12.8 Å². The van der Waals surface area contributed by atoms with Crippen LogP contribution in [-0.2, 0) is 9.59 Å². The molecule has 0 aromatic rings. The molecule has 0 aromatic carbocycles. The van der Waals surface area contributed by atoms with Gasteiger partial charge in [-0.25, -0.2) is 0 Å². The van der Waals surface area contributed by atoms with Crippen molar-refractivity contribution >= 4 is 11.8 Å². The predicted octanol–water partition coefficient (Wildman–Crippen LogP) is 0.387. The van der Waals surface area contributed by atoms with E-state index in [2.05, 4.69) is 11.9 Å². The number of carbonyl (C=O) groups excluding carboxylic acids is 2. The van der Waals surface area contributed by atoms with Crippen molar-refractivity contribution < 1.29 is 9.59 Å². The first-order valence-corrected chi connectivity index (χ1v) is 3.18. The summed E-state index contributed by atoms with van der Waals surface area (Å²) >= 11 is 0. The third-order valence-electron chi connectivity index (χ3n) is 1.52. The molecule has 0 aromatic heterocycles. The maximum Gasteiger partial charge on any atom is 0.230 e. The smallest absolute Gasteiger partial charge is 0.230 e. The minimum Gasteiger partial charge on any atom is -0.344 e. The van der Waals surface area contributed by atoms with Crippen LogP contribution in [0.1, 0.15) is 12.8 Å². The summed E-state index contributed by atoms with van der Waals surface area (Å²) < 4.78 is 0. The van der Waals surface area contributed by atoms with Gasteiger partial charge in [0, 0.05) is 6.42 Å². The van der Waals surface area contributed by atoms with Crippen molar-refractivity contribution in [1.29, 1.82) is 0 Å². The lowest BCUT2D eigenvalue weighted by molar-refractivity contribution is -0.125. The van der Waals surface area contributed by atoms with Gasteiger partial charge in [0.1, 0.15) is 0 Å². The Balaban J connectivity index is 0.000001000. The van der Waals surface area contributed by atoms with Gasteiger partial charge in [-0.1, -0.05) is 6.08 Å². The molecule has 11 heavy (non-hydrogen) atoms. The van der Waals surface area contributed by atoms with Gasteiger partial charge < -0.3 is 6.15 Å². The van der Waals surface area contributed by atoms with Crippen LogP contribution in [0.2, 0.25) is 0 Å². The molecule has 4 N–H and O–H groups in total. The van der Waals surface area contributed by atoms with Gasteiger partial charge in [-0.3, -0.25) is 14.9 Å². The fraction of sp³-hybridized carbons (Fsp3) is 0.429. The number of carbonyl (C=O) groups is 2. The van der Waals surface area contributed by atoms with E-state index < -0.39 is 0 Å². The van der Waals surface area contributed by atoms with Crippen molar-refractivity contribution in [2.24, 2.45) is 5.92 Å². The Labute approximate surface area is 65.2 Å². The summed E-state index contributed by atoms with van der Waals surface area (Å²) in [5.41, 5.74) is 0. The van der Waals surface area contributed by atoms with Gasteiger partial charge in [0.25, 0.3) is 0 Å². The van der Waals surface area contributed by atoms with Crippen molar-refractivity contribution in [3.8, 4) is 0 Å². The summed E-state index contributed by atoms with van der Waals surface area (Å²) in [7, 11) is 0. The number of hydrogen-bond donors (Lipinski definition) is 2. The molecule has 0 bridgehead atoms. The summed E-state index contributed by atoms with van der Waals surface area (Å²) in [6.07, 6.45) is 2.57. The molecule has 1 rings (SSSR count). The van der Waals surface area contributed by atoms with Crippen LogP contribution in [-0.4, -0.2) is 11.8 Å². The normalized spacial score (nSPS) is 22.4. The molecule has 1 saturated heterocycles. The topological polar surface area (TPSA) is 81.2 Å². The lowest BCUT2D eigenvalue weighted by Gasteiger charge is -1.97. The fourth-order valence-corrected chi connectivity index (χ4v) is 0.999.